The topological polar surface area (TPSA) is 53.7 Å². The second kappa shape index (κ2) is 4.97. The number of benzene rings is 1. The van der Waals surface area contributed by atoms with Gasteiger partial charge >= 0.3 is 0 Å². The molecule has 1 aliphatic rings. The fourth-order valence-electron chi connectivity index (χ4n) is 1.54. The molecule has 0 saturated heterocycles. The number of hydrogen-bond acceptors (Lipinski definition) is 4. The average molecular weight is 259 g/mol. The van der Waals surface area contributed by atoms with E-state index in [2.05, 4.69) is 0 Å². The summed E-state index contributed by atoms with van der Waals surface area (Å²) >= 11 is 0. The van der Waals surface area contributed by atoms with Gasteiger partial charge in [-0.3, -0.25) is 0 Å². The predicted molar refractivity (Wildman–Crippen MR) is 61.9 cm³/mol. The second-order valence-electron chi connectivity index (χ2n) is 4.11. The number of alkyl halides is 2. The zero-order valence-electron chi connectivity index (χ0n) is 10.0. The Morgan fingerprint density at radius 2 is 2.00 bits per heavy atom. The zero-order valence-corrected chi connectivity index (χ0v) is 10.0. The van der Waals surface area contributed by atoms with Crippen LogP contribution in [0.4, 0.5) is 14.5 Å². The number of fused-ring (bicyclic) bond motifs is 1. The van der Waals surface area contributed by atoms with Crippen molar-refractivity contribution >= 4 is 5.69 Å². The summed E-state index contributed by atoms with van der Waals surface area (Å²) in [7, 11) is 0. The first-order valence-electron chi connectivity index (χ1n) is 5.65. The van der Waals surface area contributed by atoms with Crippen LogP contribution in [0.3, 0.4) is 0 Å². The molecule has 0 bridgehead atoms. The van der Waals surface area contributed by atoms with E-state index < -0.39 is 12.5 Å². The van der Waals surface area contributed by atoms with E-state index in [1.807, 2.05) is 0 Å². The van der Waals surface area contributed by atoms with Gasteiger partial charge in [0.05, 0.1) is 6.61 Å². The lowest BCUT2D eigenvalue weighted by Gasteiger charge is -2.14. The molecule has 6 heteroatoms. The van der Waals surface area contributed by atoms with Crippen LogP contribution >= 0.6 is 0 Å². The van der Waals surface area contributed by atoms with E-state index in [0.29, 0.717) is 22.7 Å². The van der Waals surface area contributed by atoms with Crippen LogP contribution < -0.4 is 15.2 Å². The van der Waals surface area contributed by atoms with Gasteiger partial charge in [0, 0.05) is 23.7 Å². The summed E-state index contributed by atoms with van der Waals surface area (Å²) in [5.74, 6) is -1.68. The van der Waals surface area contributed by atoms with Crippen molar-refractivity contribution in [2.75, 3.05) is 19.1 Å². The van der Waals surface area contributed by atoms with Gasteiger partial charge in [0.25, 0.3) is 5.92 Å². The van der Waals surface area contributed by atoms with Crippen LogP contribution in [-0.4, -0.2) is 19.3 Å². The highest BCUT2D eigenvalue weighted by Gasteiger charge is 2.26. The van der Waals surface area contributed by atoms with Crippen LogP contribution in [0.25, 0.3) is 0 Å². The monoisotopic (exact) mass is 259 g/mol. The second-order valence-corrected chi connectivity index (χ2v) is 4.11. The van der Waals surface area contributed by atoms with Crippen molar-refractivity contribution in [2.45, 2.75) is 25.9 Å². The molecule has 1 aromatic carbocycles. The summed E-state index contributed by atoms with van der Waals surface area (Å²) in [6.45, 7) is 0.973. The van der Waals surface area contributed by atoms with Crippen molar-refractivity contribution < 1.29 is 23.0 Å². The van der Waals surface area contributed by atoms with Crippen LogP contribution in [0.5, 0.6) is 11.5 Å². The lowest BCUT2D eigenvalue weighted by atomic mass is 10.1. The van der Waals surface area contributed by atoms with Crippen LogP contribution in [0, 0.1) is 0 Å². The van der Waals surface area contributed by atoms with Gasteiger partial charge in [-0.2, -0.15) is 0 Å². The number of halogens is 2. The minimum atomic E-state index is -2.80. The van der Waals surface area contributed by atoms with E-state index in [0.717, 1.165) is 0 Å². The largest absolute Gasteiger partial charge is 0.454 e. The Morgan fingerprint density at radius 1 is 1.33 bits per heavy atom. The van der Waals surface area contributed by atoms with Gasteiger partial charge < -0.3 is 19.9 Å². The summed E-state index contributed by atoms with van der Waals surface area (Å²) in [5.41, 5.74) is 6.83. The average Bonchev–Trinajstić information content (AvgIpc) is 2.76. The van der Waals surface area contributed by atoms with Gasteiger partial charge in [0.1, 0.15) is 6.61 Å². The first-order chi connectivity index (χ1) is 8.52. The molecule has 1 aliphatic heterocycles. The highest BCUT2D eigenvalue weighted by atomic mass is 19.3. The molecule has 1 aromatic rings. The molecule has 4 nitrogen and oxygen atoms in total. The number of ether oxygens (including phenoxy) is 3. The minimum Gasteiger partial charge on any atom is -0.454 e. The summed E-state index contributed by atoms with van der Waals surface area (Å²) in [6, 6.07) is 3.26. The van der Waals surface area contributed by atoms with Crippen molar-refractivity contribution in [1.29, 1.82) is 0 Å². The Hall–Kier alpha value is -1.56. The fraction of sp³-hybridized carbons (Fsp3) is 0.500. The van der Waals surface area contributed by atoms with E-state index in [4.69, 9.17) is 19.9 Å². The van der Waals surface area contributed by atoms with Crippen molar-refractivity contribution in [3.8, 4) is 11.5 Å². The minimum absolute atomic E-state index is 0.0259. The first kappa shape index (κ1) is 12.9. The molecule has 0 radical (unpaired) electrons. The van der Waals surface area contributed by atoms with Gasteiger partial charge in [-0.1, -0.05) is 6.92 Å². The first-order valence-corrected chi connectivity index (χ1v) is 5.65. The Balaban J connectivity index is 1.98. The SMILES string of the molecule is CCC(F)(F)COCc1cc2c(cc1N)OCO2. The number of rotatable bonds is 5. The van der Waals surface area contributed by atoms with Crippen LogP contribution in [0.2, 0.25) is 0 Å². The molecular weight excluding hydrogens is 244 g/mol. The predicted octanol–water partition coefficient (Wildman–Crippen LogP) is 2.56. The molecule has 2 N–H and O–H groups in total. The Morgan fingerprint density at radius 3 is 2.67 bits per heavy atom. The molecule has 0 amide bonds. The molecule has 100 valence electrons. The van der Waals surface area contributed by atoms with Crippen LogP contribution in [0.1, 0.15) is 18.9 Å². The Bertz CT molecular complexity index is 438. The maximum absolute atomic E-state index is 13.0. The molecule has 18 heavy (non-hydrogen) atoms. The molecule has 2 rings (SSSR count). The third kappa shape index (κ3) is 2.81. The smallest absolute Gasteiger partial charge is 0.270 e. The molecule has 0 aromatic heterocycles. The number of nitrogens with two attached hydrogens (primary N) is 1. The van der Waals surface area contributed by atoms with Crippen molar-refractivity contribution in [2.24, 2.45) is 0 Å². The Labute approximate surface area is 104 Å². The van der Waals surface area contributed by atoms with Gasteiger partial charge in [0.15, 0.2) is 11.5 Å². The van der Waals surface area contributed by atoms with Gasteiger partial charge in [0.2, 0.25) is 6.79 Å². The summed E-state index contributed by atoms with van der Waals surface area (Å²) < 4.78 is 41.3. The number of nitrogen functional groups attached to an aromatic ring is 1. The fourth-order valence-corrected chi connectivity index (χ4v) is 1.54. The van der Waals surface area contributed by atoms with Gasteiger partial charge in [-0.25, -0.2) is 8.78 Å². The molecule has 0 aliphatic carbocycles. The van der Waals surface area contributed by atoms with Crippen molar-refractivity contribution in [3.05, 3.63) is 17.7 Å². The maximum Gasteiger partial charge on any atom is 0.270 e. The third-order valence-corrected chi connectivity index (χ3v) is 2.72. The van der Waals surface area contributed by atoms with Crippen molar-refractivity contribution in [1.82, 2.24) is 0 Å². The number of hydrogen-bond donors (Lipinski definition) is 1. The molecule has 1 heterocycles. The van der Waals surface area contributed by atoms with Crippen LogP contribution in [-0.2, 0) is 11.3 Å². The van der Waals surface area contributed by atoms with E-state index in [1.165, 1.54) is 6.92 Å². The Kier molecular flexibility index (Phi) is 3.56. The lowest BCUT2D eigenvalue weighted by Crippen LogP contribution is -2.22. The van der Waals surface area contributed by atoms with Gasteiger partial charge in [-0.05, 0) is 6.07 Å². The maximum atomic E-state index is 13.0. The third-order valence-electron chi connectivity index (χ3n) is 2.72. The summed E-state index contributed by atoms with van der Waals surface area (Å²) in [6.07, 6.45) is -0.246. The normalized spacial score (nSPS) is 13.9. The van der Waals surface area contributed by atoms with E-state index in [1.54, 1.807) is 12.1 Å². The highest BCUT2D eigenvalue weighted by Crippen LogP contribution is 2.36. The molecule has 0 spiro atoms. The van der Waals surface area contributed by atoms with Crippen LogP contribution in [0.15, 0.2) is 12.1 Å². The lowest BCUT2D eigenvalue weighted by molar-refractivity contribution is -0.0833. The molecule has 0 fully saturated rings. The zero-order chi connectivity index (χ0) is 13.2. The molecule has 0 saturated carbocycles. The highest BCUT2D eigenvalue weighted by molar-refractivity contribution is 5.58. The van der Waals surface area contributed by atoms with E-state index >= 15 is 0 Å². The van der Waals surface area contributed by atoms with Crippen molar-refractivity contribution in [3.63, 3.8) is 0 Å². The standard InChI is InChI=1S/C12H15F2NO3/c1-2-12(13,14)6-16-5-8-3-10-11(4-9(8)15)18-7-17-10/h3-4H,2,5-7,15H2,1H3. The van der Waals surface area contributed by atoms with E-state index in [9.17, 15) is 8.78 Å². The molecule has 0 unspecified atom stereocenters. The van der Waals surface area contributed by atoms with Gasteiger partial charge in [-0.15, -0.1) is 0 Å². The molecule has 0 atom stereocenters. The quantitative estimate of drug-likeness (QED) is 0.826. The van der Waals surface area contributed by atoms with E-state index in [-0.39, 0.29) is 19.8 Å². The summed E-state index contributed by atoms with van der Waals surface area (Å²) in [5, 5.41) is 0. The number of anilines is 1. The summed E-state index contributed by atoms with van der Waals surface area (Å²) in [4.78, 5) is 0. The molecular formula is C12H15F2NO3.